The maximum absolute atomic E-state index is 13.0. The van der Waals surface area contributed by atoms with E-state index in [1.165, 1.54) is 4.31 Å². The van der Waals surface area contributed by atoms with E-state index < -0.39 is 10.0 Å². The molecule has 3 aromatic carbocycles. The number of aromatic nitrogens is 1. The lowest BCUT2D eigenvalue weighted by Crippen LogP contribution is -2.48. The number of hydrogen-bond acceptors (Lipinski definition) is 6. The van der Waals surface area contributed by atoms with Gasteiger partial charge < -0.3 is 9.32 Å². The molecule has 0 unspecified atom stereocenters. The molecule has 0 amide bonds. The number of benzene rings is 3. The summed E-state index contributed by atoms with van der Waals surface area (Å²) >= 11 is 0. The molecule has 0 spiro atoms. The van der Waals surface area contributed by atoms with Gasteiger partial charge in [-0.3, -0.25) is 0 Å². The SMILES string of the molecule is Cc1ccc(S(=O)(=O)N2CCN(c3oc(-c4cccc5ccccc45)nc3C#N)CC2)cc1. The fraction of sp³-hybridized carbons (Fsp3) is 0.200. The van der Waals surface area contributed by atoms with Gasteiger partial charge in [0.1, 0.15) is 6.07 Å². The Kier molecular flexibility index (Phi) is 5.36. The number of rotatable bonds is 4. The molecule has 0 saturated carbocycles. The van der Waals surface area contributed by atoms with Gasteiger partial charge in [0, 0.05) is 31.7 Å². The lowest BCUT2D eigenvalue weighted by molar-refractivity contribution is 0.374. The zero-order valence-corrected chi connectivity index (χ0v) is 18.9. The summed E-state index contributed by atoms with van der Waals surface area (Å²) in [6.45, 7) is 3.33. The first-order chi connectivity index (χ1) is 16.0. The van der Waals surface area contributed by atoms with Crippen LogP contribution in [0.4, 0.5) is 5.88 Å². The van der Waals surface area contributed by atoms with Crippen molar-refractivity contribution < 1.29 is 12.8 Å². The molecular formula is C25H22N4O3S. The molecule has 0 N–H and O–H groups in total. The van der Waals surface area contributed by atoms with Crippen molar-refractivity contribution in [1.82, 2.24) is 9.29 Å². The van der Waals surface area contributed by atoms with Crippen molar-refractivity contribution in [3.05, 3.63) is 78.0 Å². The second-order valence-electron chi connectivity index (χ2n) is 8.02. The fourth-order valence-corrected chi connectivity index (χ4v) is 5.54. The molecule has 0 bridgehead atoms. The van der Waals surface area contributed by atoms with Crippen molar-refractivity contribution >= 4 is 26.7 Å². The van der Waals surface area contributed by atoms with Crippen molar-refractivity contribution in [2.24, 2.45) is 0 Å². The van der Waals surface area contributed by atoms with Crippen LogP contribution < -0.4 is 4.90 Å². The largest absolute Gasteiger partial charge is 0.419 e. The predicted octanol–water partition coefficient (Wildman–Crippen LogP) is 4.19. The van der Waals surface area contributed by atoms with Crippen LogP contribution in [0.1, 0.15) is 11.3 Å². The first-order valence-corrected chi connectivity index (χ1v) is 12.1. The zero-order chi connectivity index (χ0) is 23.0. The van der Waals surface area contributed by atoms with Crippen molar-refractivity contribution in [2.45, 2.75) is 11.8 Å². The average Bonchev–Trinajstić information content (AvgIpc) is 3.28. The second-order valence-corrected chi connectivity index (χ2v) is 9.95. The van der Waals surface area contributed by atoms with Crippen LogP contribution in [0.5, 0.6) is 0 Å². The van der Waals surface area contributed by atoms with Gasteiger partial charge in [0.15, 0.2) is 0 Å². The van der Waals surface area contributed by atoms with Gasteiger partial charge in [-0.1, -0.05) is 54.1 Å². The molecule has 0 aliphatic carbocycles. The highest BCUT2D eigenvalue weighted by molar-refractivity contribution is 7.89. The van der Waals surface area contributed by atoms with Gasteiger partial charge in [0.05, 0.1) is 4.90 Å². The van der Waals surface area contributed by atoms with Crippen LogP contribution in [0.15, 0.2) is 76.0 Å². The molecule has 4 aromatic rings. The Labute approximate surface area is 192 Å². The van der Waals surface area contributed by atoms with Gasteiger partial charge >= 0.3 is 0 Å². The summed E-state index contributed by atoms with van der Waals surface area (Å²) in [5.41, 5.74) is 2.03. The standard InChI is InChI=1S/C25H22N4O3S/c1-18-9-11-20(12-10-18)33(30,31)29-15-13-28(14-16-29)25-23(17-26)27-24(32-25)22-8-4-6-19-5-2-3-7-21(19)22/h2-12H,13-16H2,1H3. The van der Waals surface area contributed by atoms with Crippen LogP contribution in [-0.2, 0) is 10.0 Å². The number of piperazine rings is 1. The Morgan fingerprint density at radius 1 is 0.939 bits per heavy atom. The number of nitriles is 1. The smallest absolute Gasteiger partial charge is 0.243 e. The van der Waals surface area contributed by atoms with E-state index in [-0.39, 0.29) is 10.6 Å². The summed E-state index contributed by atoms with van der Waals surface area (Å²) in [5.74, 6) is 0.765. The topological polar surface area (TPSA) is 90.4 Å². The minimum Gasteiger partial charge on any atom is -0.419 e. The molecule has 1 aromatic heterocycles. The van der Waals surface area contributed by atoms with Crippen molar-refractivity contribution in [3.63, 3.8) is 0 Å². The summed E-state index contributed by atoms with van der Waals surface area (Å²) in [5, 5.41) is 11.7. The number of aryl methyl sites for hydroxylation is 1. The Morgan fingerprint density at radius 2 is 1.64 bits per heavy atom. The maximum atomic E-state index is 13.0. The van der Waals surface area contributed by atoms with Crippen LogP contribution in [0.3, 0.4) is 0 Å². The molecular weight excluding hydrogens is 436 g/mol. The normalized spacial score (nSPS) is 15.0. The number of anilines is 1. The molecule has 8 heteroatoms. The number of hydrogen-bond donors (Lipinski definition) is 0. The third-order valence-electron chi connectivity index (χ3n) is 5.92. The molecule has 0 radical (unpaired) electrons. The fourth-order valence-electron chi connectivity index (χ4n) is 4.12. The van der Waals surface area contributed by atoms with Gasteiger partial charge in [-0.05, 0) is 35.9 Å². The number of sulfonamides is 1. The minimum atomic E-state index is -3.57. The number of oxazole rings is 1. The van der Waals surface area contributed by atoms with Crippen LogP contribution >= 0.6 is 0 Å². The molecule has 1 fully saturated rings. The van der Waals surface area contributed by atoms with Crippen LogP contribution in [-0.4, -0.2) is 43.9 Å². The van der Waals surface area contributed by atoms with Crippen molar-refractivity contribution in [3.8, 4) is 17.5 Å². The second kappa shape index (κ2) is 8.35. The molecule has 1 aliphatic heterocycles. The Balaban J connectivity index is 1.40. The summed E-state index contributed by atoms with van der Waals surface area (Å²) in [4.78, 5) is 6.63. The van der Waals surface area contributed by atoms with E-state index in [1.807, 2.05) is 54.3 Å². The third kappa shape index (κ3) is 3.86. The average molecular weight is 459 g/mol. The summed E-state index contributed by atoms with van der Waals surface area (Å²) in [6.07, 6.45) is 0. The first-order valence-electron chi connectivity index (χ1n) is 10.7. The van der Waals surface area contributed by atoms with Crippen molar-refractivity contribution in [1.29, 1.82) is 5.26 Å². The lowest BCUT2D eigenvalue weighted by atomic mass is 10.0. The summed E-state index contributed by atoms with van der Waals surface area (Å²) in [6, 6.07) is 22.8. The highest BCUT2D eigenvalue weighted by Gasteiger charge is 2.31. The lowest BCUT2D eigenvalue weighted by Gasteiger charge is -2.33. The third-order valence-corrected chi connectivity index (χ3v) is 7.83. The van der Waals surface area contributed by atoms with Gasteiger partial charge in [-0.2, -0.15) is 14.6 Å². The zero-order valence-electron chi connectivity index (χ0n) is 18.1. The maximum Gasteiger partial charge on any atom is 0.243 e. The molecule has 33 heavy (non-hydrogen) atoms. The van der Waals surface area contributed by atoms with Gasteiger partial charge in [-0.15, -0.1) is 0 Å². The van der Waals surface area contributed by atoms with Crippen LogP contribution in [0.25, 0.3) is 22.2 Å². The summed E-state index contributed by atoms with van der Waals surface area (Å²) in [7, 11) is -3.57. The van der Waals surface area contributed by atoms with E-state index in [0.717, 1.165) is 21.9 Å². The van der Waals surface area contributed by atoms with E-state index in [9.17, 15) is 13.7 Å². The first kappa shape index (κ1) is 21.2. The van der Waals surface area contributed by atoms with Gasteiger partial charge in [0.25, 0.3) is 0 Å². The Morgan fingerprint density at radius 3 is 2.36 bits per heavy atom. The number of nitrogens with zero attached hydrogens (tertiary/aromatic N) is 4. The Bertz CT molecular complexity index is 1460. The summed E-state index contributed by atoms with van der Waals surface area (Å²) < 4.78 is 33.6. The molecule has 166 valence electrons. The van der Waals surface area contributed by atoms with E-state index in [1.54, 1.807) is 24.3 Å². The van der Waals surface area contributed by atoms with Gasteiger partial charge in [0.2, 0.25) is 27.5 Å². The molecule has 5 rings (SSSR count). The van der Waals surface area contributed by atoms with Gasteiger partial charge in [-0.25, -0.2) is 8.42 Å². The van der Waals surface area contributed by atoms with E-state index in [4.69, 9.17) is 4.42 Å². The number of fused-ring (bicyclic) bond motifs is 1. The molecule has 2 heterocycles. The van der Waals surface area contributed by atoms with E-state index in [0.29, 0.717) is 38.0 Å². The highest BCUT2D eigenvalue weighted by atomic mass is 32.2. The molecule has 7 nitrogen and oxygen atoms in total. The predicted molar refractivity (Wildman–Crippen MR) is 126 cm³/mol. The molecule has 1 saturated heterocycles. The van der Waals surface area contributed by atoms with Crippen LogP contribution in [0.2, 0.25) is 0 Å². The quantitative estimate of drug-likeness (QED) is 0.456. The monoisotopic (exact) mass is 458 g/mol. The minimum absolute atomic E-state index is 0.202. The highest BCUT2D eigenvalue weighted by Crippen LogP contribution is 2.33. The molecule has 0 atom stereocenters. The van der Waals surface area contributed by atoms with E-state index in [2.05, 4.69) is 11.1 Å². The molecule has 1 aliphatic rings. The van der Waals surface area contributed by atoms with E-state index >= 15 is 0 Å². The Hall–Kier alpha value is -3.67. The van der Waals surface area contributed by atoms with Crippen molar-refractivity contribution in [2.75, 3.05) is 31.1 Å². The van der Waals surface area contributed by atoms with Crippen LogP contribution in [0, 0.1) is 18.3 Å².